The summed E-state index contributed by atoms with van der Waals surface area (Å²) in [4.78, 5) is 12.1. The highest BCUT2D eigenvalue weighted by Crippen LogP contribution is 2.37. The minimum absolute atomic E-state index is 0.834. The van der Waals surface area contributed by atoms with Gasteiger partial charge in [-0.25, -0.2) is 0 Å². The number of aliphatic hydroxyl groups excluding tert-OH is 26. The molecule has 7 saturated heterocycles. The third-order valence-corrected chi connectivity index (χ3v) is 16.7. The summed E-state index contributed by atoms with van der Waals surface area (Å²) >= 11 is 0. The van der Waals surface area contributed by atoms with Crippen LogP contribution in [0.2, 0.25) is 0 Å². The Hall–Kier alpha value is -2.13. The predicted octanol–water partition coefficient (Wildman–Crippen LogP) is -18.7. The minimum atomic E-state index is -2.48. The summed E-state index contributed by atoms with van der Waals surface area (Å²) in [5.74, 6) is -0.843. The van der Waals surface area contributed by atoms with Crippen LogP contribution in [0.1, 0.15) is 6.92 Å². The molecule has 0 radical (unpaired) electrons. The van der Waals surface area contributed by atoms with Gasteiger partial charge >= 0.3 is 0 Å². The molecule has 0 unspecified atom stereocenters. The van der Waals surface area contributed by atoms with Gasteiger partial charge in [0.05, 0.1) is 65.5 Å². The number of amides is 1. The maximum absolute atomic E-state index is 12.2. The van der Waals surface area contributed by atoms with E-state index in [9.17, 15) is 138 Å². The highest BCUT2D eigenvalue weighted by Gasteiger charge is 2.58. The molecule has 0 saturated carbocycles. The van der Waals surface area contributed by atoms with E-state index in [1.807, 2.05) is 0 Å². The molecule has 0 aromatic heterocycles. The molecule has 7 heterocycles. The van der Waals surface area contributed by atoms with Gasteiger partial charge in [0.2, 0.25) is 5.91 Å². The van der Waals surface area contributed by atoms with Crippen LogP contribution in [0.25, 0.3) is 0 Å². The Morgan fingerprint density at radius 3 is 1.04 bits per heavy atom. The lowest BCUT2D eigenvalue weighted by molar-refractivity contribution is -0.395. The molecule has 1 amide bonds. The van der Waals surface area contributed by atoms with E-state index in [0.29, 0.717) is 0 Å². The van der Waals surface area contributed by atoms with E-state index >= 15 is 0 Å². The van der Waals surface area contributed by atoms with Crippen molar-refractivity contribution in [3.8, 4) is 0 Å². The van der Waals surface area contributed by atoms with Gasteiger partial charge in [0.25, 0.3) is 0 Å². The molecule has 7 fully saturated rings. The van der Waals surface area contributed by atoms with Crippen molar-refractivity contribution in [1.29, 1.82) is 0 Å². The number of hydrogen-bond donors (Lipinski definition) is 27. The van der Waals surface area contributed by atoms with Gasteiger partial charge in [-0.3, -0.25) is 4.79 Å². The summed E-state index contributed by atoms with van der Waals surface area (Å²) < 4.78 is 79.6. The van der Waals surface area contributed by atoms with Gasteiger partial charge in [0, 0.05) is 6.92 Å². The average Bonchev–Trinajstić information content (AvgIpc) is 0.790. The Labute approximate surface area is 520 Å². The second-order valence-electron chi connectivity index (χ2n) is 23.0. The third kappa shape index (κ3) is 17.1. The maximum atomic E-state index is 12.2. The topological polar surface area (TPSA) is 684 Å². The molecule has 0 aromatic rings. The molecule has 538 valence electrons. The average molecular weight is 1360 g/mol. The maximum Gasteiger partial charge on any atom is 0.217 e. The monoisotopic (exact) mass is 1360 g/mol. The van der Waals surface area contributed by atoms with Gasteiger partial charge in [0.15, 0.2) is 44.0 Å². The summed E-state index contributed by atoms with van der Waals surface area (Å²) in [6.45, 7) is -8.34. The van der Waals surface area contributed by atoms with Crippen molar-refractivity contribution < 1.29 is 204 Å². The van der Waals surface area contributed by atoms with Gasteiger partial charge in [-0.1, -0.05) is 0 Å². The first-order chi connectivity index (χ1) is 43.5. The number of aliphatic hydroxyl groups is 26. The van der Waals surface area contributed by atoms with Crippen molar-refractivity contribution in [2.24, 2.45) is 0 Å². The number of hydrogen-bond acceptors (Lipinski definition) is 41. The molecule has 0 aromatic carbocycles. The third-order valence-electron chi connectivity index (χ3n) is 16.7. The number of carbonyl (C=O) groups excluding carboxylic acids is 1. The van der Waals surface area contributed by atoms with E-state index < -0.39 is 305 Å². The lowest BCUT2D eigenvalue weighted by Crippen LogP contribution is -2.68. The van der Waals surface area contributed by atoms with E-state index in [1.54, 1.807) is 0 Å². The molecule has 7 rings (SSSR count). The lowest BCUT2D eigenvalue weighted by Gasteiger charge is -2.49. The van der Waals surface area contributed by atoms with Crippen LogP contribution < -0.4 is 5.32 Å². The fourth-order valence-corrected chi connectivity index (χ4v) is 11.1. The van der Waals surface area contributed by atoms with Crippen LogP contribution in [0.4, 0.5) is 0 Å². The Kier molecular flexibility index (Phi) is 28.6. The lowest BCUT2D eigenvalue weighted by atomic mass is 9.95. The Bertz CT molecular complexity index is 2210. The highest BCUT2D eigenvalue weighted by molar-refractivity contribution is 5.73. The molecule has 7 aliphatic rings. The summed E-state index contributed by atoms with van der Waals surface area (Å²) in [6.07, 6.45) is -79.0. The zero-order chi connectivity index (χ0) is 68.1. The molecule has 42 nitrogen and oxygen atoms in total. The quantitative estimate of drug-likeness (QED) is 0.0363. The summed E-state index contributed by atoms with van der Waals surface area (Å²) in [7, 11) is 0. The number of ether oxygens (including phenoxy) is 14. The normalized spacial score (nSPS) is 48.5. The SMILES string of the molecule is CC(=O)N[C@@H](CO)[C@@H](O)[C@H](O[C@@H]1O[C@H](CO[C@H]2O[C@H](CO[C@H]3O[C@H](CO[C@H]4O[C@H](CO)[C@@H](O)[C@H](O)[C@@H]4O)[C@@H](O)[C@H](O)[C@@H]3O)[C@@H](O)[C@H](O[C@H]3O[C@H](CO)[C@@H](O)[C@H](O)[C@@H]3O)[C@@H]2O)[C@@H](O)[C@H](O[C@H]2O[C@H](CO)[C@@H](O)[C@H](O)[C@@H]2O[C@H]2O[C@H](CO)[C@@H](O)[C@H](O)[C@@H]2O)[C@@H]1O)[C@H](O)CO. The molecule has 0 aliphatic carbocycles. The molecule has 92 heavy (non-hydrogen) atoms. The van der Waals surface area contributed by atoms with Crippen LogP contribution in [0, 0.1) is 0 Å². The molecule has 42 heteroatoms. The number of nitrogens with one attached hydrogen (secondary N) is 1. The van der Waals surface area contributed by atoms with Crippen molar-refractivity contribution in [2.45, 2.75) is 246 Å². The van der Waals surface area contributed by atoms with Crippen molar-refractivity contribution >= 4 is 5.91 Å². The van der Waals surface area contributed by atoms with Crippen LogP contribution in [0.5, 0.6) is 0 Å². The van der Waals surface area contributed by atoms with Crippen molar-refractivity contribution in [2.75, 3.05) is 59.5 Å². The molecule has 0 bridgehead atoms. The first kappa shape index (κ1) is 77.2. The first-order valence-electron chi connectivity index (χ1n) is 29.1. The van der Waals surface area contributed by atoms with Crippen molar-refractivity contribution in [3.05, 3.63) is 0 Å². The van der Waals surface area contributed by atoms with Crippen molar-refractivity contribution in [3.63, 3.8) is 0 Å². The molecular weight excluding hydrogens is 1270 g/mol. The van der Waals surface area contributed by atoms with E-state index in [-0.39, 0.29) is 0 Å². The standard InChI is InChI=1S/C50H87NO41/c1-11(58)51-12(2-52)21(60)40(13(59)3-53)89-49-39(78)42(91-50-43(33(72)25(64)17(7-57)85-50)92-48-37(76)31(70)24(63)16(6-56)84-48)28(67)20(88-49)10-81-46-38(77)41(90-47-36(75)30(69)23(62)15(5-55)83-47)27(66)19(87-46)9-80-45-35(74)32(71)26(65)18(86-45)8-79-44-34(73)29(68)22(61)14(4-54)82-44/h12-50,52-57,59-78H,2-10H2,1H3,(H,51,58)/t12-,13+,14+,15+,16+,17+,18+,19+,20+,21+,22+,23+,24+,25+,26+,27+,28+,29-,30-,31-,32-,33-,34-,35-,36-,37-,38-,39-,40+,41-,42-,43-,44-,45-,46-,47+,48+,49-,50+/m0/s1. The second kappa shape index (κ2) is 34.1. The molecule has 39 atom stereocenters. The van der Waals surface area contributed by atoms with Crippen LogP contribution >= 0.6 is 0 Å². The zero-order valence-electron chi connectivity index (χ0n) is 48.6. The van der Waals surface area contributed by atoms with Gasteiger partial charge < -0.3 is 204 Å². The summed E-state index contributed by atoms with van der Waals surface area (Å²) in [5.41, 5.74) is 0. The largest absolute Gasteiger partial charge is 0.394 e. The van der Waals surface area contributed by atoms with Gasteiger partial charge in [0.1, 0.15) is 189 Å². The zero-order valence-corrected chi connectivity index (χ0v) is 48.6. The van der Waals surface area contributed by atoms with E-state index in [1.165, 1.54) is 0 Å². The Morgan fingerprint density at radius 1 is 0.348 bits per heavy atom. The summed E-state index contributed by atoms with van der Waals surface area (Å²) in [5, 5.41) is 282. The van der Waals surface area contributed by atoms with Crippen LogP contribution in [-0.4, -0.2) is 437 Å². The fraction of sp³-hybridized carbons (Fsp3) is 0.980. The minimum Gasteiger partial charge on any atom is -0.394 e. The molecular formula is C50H87NO41. The number of rotatable bonds is 27. The van der Waals surface area contributed by atoms with Gasteiger partial charge in [-0.2, -0.15) is 0 Å². The van der Waals surface area contributed by atoms with Gasteiger partial charge in [-0.15, -0.1) is 0 Å². The highest BCUT2D eigenvalue weighted by atomic mass is 16.8. The van der Waals surface area contributed by atoms with E-state index in [2.05, 4.69) is 5.32 Å². The Morgan fingerprint density at radius 2 is 0.652 bits per heavy atom. The van der Waals surface area contributed by atoms with Crippen LogP contribution in [-0.2, 0) is 71.1 Å². The first-order valence-corrected chi connectivity index (χ1v) is 29.1. The van der Waals surface area contributed by atoms with E-state index in [0.717, 1.165) is 6.92 Å². The van der Waals surface area contributed by atoms with Crippen molar-refractivity contribution in [1.82, 2.24) is 5.32 Å². The summed E-state index contributed by atoms with van der Waals surface area (Å²) in [6, 6.07) is -1.70. The Balaban J connectivity index is 1.18. The molecule has 0 spiro atoms. The molecule has 7 aliphatic heterocycles. The smallest absolute Gasteiger partial charge is 0.217 e. The fourth-order valence-electron chi connectivity index (χ4n) is 11.1. The predicted molar refractivity (Wildman–Crippen MR) is 278 cm³/mol. The van der Waals surface area contributed by atoms with Crippen LogP contribution in [0.15, 0.2) is 0 Å². The van der Waals surface area contributed by atoms with Crippen LogP contribution in [0.3, 0.4) is 0 Å². The second-order valence-corrected chi connectivity index (χ2v) is 23.0. The van der Waals surface area contributed by atoms with Gasteiger partial charge in [-0.05, 0) is 0 Å². The number of carbonyl (C=O) groups is 1. The molecule has 27 N–H and O–H groups in total. The van der Waals surface area contributed by atoms with E-state index in [4.69, 9.17) is 66.3 Å².